The Morgan fingerprint density at radius 2 is 1.50 bits per heavy atom. The van der Waals surface area contributed by atoms with Crippen LogP contribution in [0, 0.1) is 6.07 Å². The number of para-hydroxylation sites is 2. The third-order valence-corrected chi connectivity index (χ3v) is 3.94. The summed E-state index contributed by atoms with van der Waals surface area (Å²) in [5.74, 6) is 0. The molecule has 1 saturated carbocycles. The molecular formula is C18H21N2. The Kier molecular flexibility index (Phi) is 4.22. The van der Waals surface area contributed by atoms with Gasteiger partial charge >= 0.3 is 0 Å². The molecule has 0 unspecified atom stereocenters. The highest BCUT2D eigenvalue weighted by Crippen LogP contribution is 2.25. The Morgan fingerprint density at radius 3 is 2.20 bits per heavy atom. The molecule has 1 radical (unpaired) electrons. The van der Waals surface area contributed by atoms with E-state index >= 15 is 0 Å². The van der Waals surface area contributed by atoms with Gasteiger partial charge in [0.05, 0.1) is 0 Å². The van der Waals surface area contributed by atoms with Gasteiger partial charge in [-0.1, -0.05) is 49.2 Å². The molecule has 1 aliphatic carbocycles. The van der Waals surface area contributed by atoms with Gasteiger partial charge in [0.25, 0.3) is 0 Å². The van der Waals surface area contributed by atoms with E-state index in [9.17, 15) is 0 Å². The highest BCUT2D eigenvalue weighted by molar-refractivity contribution is 5.47. The maximum Gasteiger partial charge on any atom is 0.0462 e. The number of anilines is 2. The molecule has 0 aliphatic heterocycles. The molecule has 0 heterocycles. The van der Waals surface area contributed by atoms with Gasteiger partial charge in [-0.15, -0.1) is 0 Å². The van der Waals surface area contributed by atoms with Crippen LogP contribution in [0.4, 0.5) is 11.4 Å². The fraction of sp³-hybridized carbons (Fsp3) is 0.333. The van der Waals surface area contributed by atoms with E-state index in [0.29, 0.717) is 12.1 Å². The average Bonchev–Trinajstić information content (AvgIpc) is 2.51. The molecule has 2 aromatic carbocycles. The lowest BCUT2D eigenvalue weighted by atomic mass is 9.90. The van der Waals surface area contributed by atoms with E-state index in [4.69, 9.17) is 0 Å². The maximum absolute atomic E-state index is 3.67. The van der Waals surface area contributed by atoms with E-state index in [2.05, 4.69) is 59.2 Å². The van der Waals surface area contributed by atoms with E-state index in [1.54, 1.807) is 0 Å². The van der Waals surface area contributed by atoms with Gasteiger partial charge in [-0.3, -0.25) is 0 Å². The van der Waals surface area contributed by atoms with Gasteiger partial charge in [-0.25, -0.2) is 0 Å². The lowest BCUT2D eigenvalue weighted by Gasteiger charge is -2.34. The summed E-state index contributed by atoms with van der Waals surface area (Å²) in [4.78, 5) is 0. The Bertz CT molecular complexity index is 460. The first-order valence-corrected chi connectivity index (χ1v) is 7.47. The molecule has 1 aliphatic rings. The third kappa shape index (κ3) is 3.32. The van der Waals surface area contributed by atoms with Crippen molar-refractivity contribution in [3.63, 3.8) is 0 Å². The summed E-state index contributed by atoms with van der Waals surface area (Å²) in [6, 6.07) is 22.8. The zero-order valence-electron chi connectivity index (χ0n) is 11.7. The molecule has 0 amide bonds. The summed E-state index contributed by atoms with van der Waals surface area (Å²) in [6.07, 6.45) is 5.05. The number of rotatable bonds is 4. The van der Waals surface area contributed by atoms with Crippen molar-refractivity contribution in [2.45, 2.75) is 37.8 Å². The molecule has 20 heavy (non-hydrogen) atoms. The van der Waals surface area contributed by atoms with Crippen LogP contribution < -0.4 is 10.6 Å². The second kappa shape index (κ2) is 6.47. The minimum atomic E-state index is 0.475. The van der Waals surface area contributed by atoms with Gasteiger partial charge in [-0.2, -0.15) is 0 Å². The number of hydrogen-bond acceptors (Lipinski definition) is 2. The molecule has 2 nitrogen and oxygen atoms in total. The van der Waals surface area contributed by atoms with Crippen LogP contribution in [0.15, 0.2) is 54.6 Å². The molecule has 2 atom stereocenters. The minimum absolute atomic E-state index is 0.475. The Hall–Kier alpha value is -1.96. The van der Waals surface area contributed by atoms with Gasteiger partial charge in [0.15, 0.2) is 0 Å². The summed E-state index contributed by atoms with van der Waals surface area (Å²) in [7, 11) is 0. The molecule has 0 aromatic heterocycles. The fourth-order valence-electron chi connectivity index (χ4n) is 2.91. The van der Waals surface area contributed by atoms with Gasteiger partial charge in [-0.05, 0) is 31.0 Å². The first-order valence-electron chi connectivity index (χ1n) is 7.47. The molecule has 2 aromatic rings. The van der Waals surface area contributed by atoms with Crippen molar-refractivity contribution in [1.29, 1.82) is 0 Å². The van der Waals surface area contributed by atoms with E-state index < -0.39 is 0 Å². The predicted molar refractivity (Wildman–Crippen MR) is 85.0 cm³/mol. The Morgan fingerprint density at radius 1 is 0.800 bits per heavy atom. The predicted octanol–water partition coefficient (Wildman–Crippen LogP) is 4.32. The van der Waals surface area contributed by atoms with Crippen molar-refractivity contribution in [3.05, 3.63) is 60.7 Å². The quantitative estimate of drug-likeness (QED) is 0.860. The summed E-state index contributed by atoms with van der Waals surface area (Å²) in [5, 5.41) is 7.31. The van der Waals surface area contributed by atoms with Gasteiger partial charge in [0, 0.05) is 29.5 Å². The van der Waals surface area contributed by atoms with Crippen LogP contribution in [0.2, 0.25) is 0 Å². The molecule has 2 heteroatoms. The van der Waals surface area contributed by atoms with Gasteiger partial charge < -0.3 is 10.6 Å². The third-order valence-electron chi connectivity index (χ3n) is 3.94. The van der Waals surface area contributed by atoms with Crippen LogP contribution in [0.5, 0.6) is 0 Å². The lowest BCUT2D eigenvalue weighted by molar-refractivity contribution is 0.424. The van der Waals surface area contributed by atoms with Gasteiger partial charge in [0.1, 0.15) is 0 Å². The van der Waals surface area contributed by atoms with Crippen molar-refractivity contribution in [2.75, 3.05) is 10.6 Å². The Balaban J connectivity index is 1.68. The largest absolute Gasteiger partial charge is 0.380 e. The summed E-state index contributed by atoms with van der Waals surface area (Å²) in [5.41, 5.74) is 2.31. The first kappa shape index (κ1) is 13.0. The highest BCUT2D eigenvalue weighted by Gasteiger charge is 2.24. The van der Waals surface area contributed by atoms with Crippen LogP contribution in [-0.2, 0) is 0 Å². The lowest BCUT2D eigenvalue weighted by Crippen LogP contribution is -2.41. The number of benzene rings is 2. The van der Waals surface area contributed by atoms with Crippen molar-refractivity contribution in [3.8, 4) is 0 Å². The maximum atomic E-state index is 3.67. The van der Waals surface area contributed by atoms with Crippen LogP contribution in [0.3, 0.4) is 0 Å². The molecule has 1 fully saturated rings. The van der Waals surface area contributed by atoms with E-state index in [1.165, 1.54) is 31.4 Å². The first-order chi connectivity index (χ1) is 9.92. The SMILES string of the molecule is [c]1ccccc1N[C@@H]1CCCC[C@@H]1Nc1ccccc1. The van der Waals surface area contributed by atoms with E-state index in [-0.39, 0.29) is 0 Å². The second-order valence-corrected chi connectivity index (χ2v) is 5.43. The highest BCUT2D eigenvalue weighted by atomic mass is 15.0. The van der Waals surface area contributed by atoms with E-state index in [1.807, 2.05) is 12.1 Å². The number of nitrogens with one attached hydrogen (secondary N) is 2. The van der Waals surface area contributed by atoms with Crippen LogP contribution in [0.25, 0.3) is 0 Å². The molecule has 0 spiro atoms. The average molecular weight is 265 g/mol. The monoisotopic (exact) mass is 265 g/mol. The summed E-state index contributed by atoms with van der Waals surface area (Å²) in [6.45, 7) is 0. The molecule has 0 bridgehead atoms. The van der Waals surface area contributed by atoms with Crippen molar-refractivity contribution >= 4 is 11.4 Å². The Labute approximate surface area is 121 Å². The topological polar surface area (TPSA) is 24.1 Å². The molecule has 3 rings (SSSR count). The van der Waals surface area contributed by atoms with Crippen LogP contribution in [0.1, 0.15) is 25.7 Å². The van der Waals surface area contributed by atoms with E-state index in [0.717, 1.165) is 5.69 Å². The summed E-state index contributed by atoms with van der Waals surface area (Å²) < 4.78 is 0. The number of hydrogen-bond donors (Lipinski definition) is 2. The zero-order valence-corrected chi connectivity index (χ0v) is 11.7. The zero-order chi connectivity index (χ0) is 13.6. The van der Waals surface area contributed by atoms with Crippen molar-refractivity contribution < 1.29 is 0 Å². The summed E-state index contributed by atoms with van der Waals surface area (Å²) >= 11 is 0. The smallest absolute Gasteiger partial charge is 0.0462 e. The normalized spacial score (nSPS) is 22.2. The molecular weight excluding hydrogens is 244 g/mol. The van der Waals surface area contributed by atoms with Crippen molar-refractivity contribution in [2.24, 2.45) is 0 Å². The molecule has 2 N–H and O–H groups in total. The van der Waals surface area contributed by atoms with Crippen molar-refractivity contribution in [1.82, 2.24) is 0 Å². The standard InChI is InChI=1S/C18H21N2/c1-3-9-15(10-4-1)19-17-13-7-8-14-18(17)20-16-11-5-2-6-12-16/h1-6,9-11,17-20H,7-8,13-14H2/t17-,18+/m0/s1. The minimum Gasteiger partial charge on any atom is -0.380 e. The second-order valence-electron chi connectivity index (χ2n) is 5.43. The molecule has 103 valence electrons. The fourth-order valence-corrected chi connectivity index (χ4v) is 2.91. The van der Waals surface area contributed by atoms with Gasteiger partial charge in [0.2, 0.25) is 0 Å². The van der Waals surface area contributed by atoms with Crippen LogP contribution in [-0.4, -0.2) is 12.1 Å². The van der Waals surface area contributed by atoms with Crippen LogP contribution >= 0.6 is 0 Å². The molecule has 0 saturated heterocycles.